The van der Waals surface area contributed by atoms with Gasteiger partial charge in [-0.05, 0) is 53.7 Å². The molecule has 2 aromatic carbocycles. The molecule has 0 radical (unpaired) electrons. The molecule has 4 rings (SSSR count). The number of ketones is 1. The van der Waals surface area contributed by atoms with Crippen molar-refractivity contribution in [1.82, 2.24) is 20.2 Å². The number of aromatic nitrogens is 4. The number of benzene rings is 2. The van der Waals surface area contributed by atoms with Gasteiger partial charge in [0.05, 0.1) is 11.4 Å². The average Bonchev–Trinajstić information content (AvgIpc) is 3.35. The van der Waals surface area contributed by atoms with Crippen molar-refractivity contribution in [3.05, 3.63) is 48.0 Å². The lowest BCUT2D eigenvalue weighted by molar-refractivity contribution is -0.113. The maximum Gasteiger partial charge on any atom is 0.234 e. The van der Waals surface area contributed by atoms with Gasteiger partial charge >= 0.3 is 0 Å². The van der Waals surface area contributed by atoms with Gasteiger partial charge in [-0.25, -0.2) is 0 Å². The van der Waals surface area contributed by atoms with Gasteiger partial charge in [0.1, 0.15) is 0 Å². The van der Waals surface area contributed by atoms with Gasteiger partial charge < -0.3 is 14.8 Å². The molecule has 0 bridgehead atoms. The van der Waals surface area contributed by atoms with Crippen LogP contribution in [0.4, 0.5) is 5.69 Å². The van der Waals surface area contributed by atoms with Crippen molar-refractivity contribution in [1.29, 1.82) is 0 Å². The van der Waals surface area contributed by atoms with Crippen molar-refractivity contribution < 1.29 is 19.1 Å². The average molecular weight is 397 g/mol. The minimum Gasteiger partial charge on any atom is -0.454 e. The number of anilines is 1. The second kappa shape index (κ2) is 7.69. The van der Waals surface area contributed by atoms with Crippen molar-refractivity contribution in [2.75, 3.05) is 17.9 Å². The summed E-state index contributed by atoms with van der Waals surface area (Å²) >= 11 is 1.21. The number of carbonyl (C=O) groups is 2. The van der Waals surface area contributed by atoms with Crippen LogP contribution in [0.15, 0.2) is 47.6 Å². The highest BCUT2D eigenvalue weighted by atomic mass is 32.2. The molecule has 0 aliphatic carbocycles. The first-order valence-electron chi connectivity index (χ1n) is 8.32. The summed E-state index contributed by atoms with van der Waals surface area (Å²) < 4.78 is 12.2. The normalized spacial score (nSPS) is 12.0. The van der Waals surface area contributed by atoms with Gasteiger partial charge in [-0.15, -0.1) is 5.10 Å². The van der Waals surface area contributed by atoms with Crippen LogP contribution in [0, 0.1) is 0 Å². The van der Waals surface area contributed by atoms with Crippen LogP contribution in [0.3, 0.4) is 0 Å². The molecule has 1 aromatic heterocycles. The fourth-order valence-corrected chi connectivity index (χ4v) is 3.25. The first kappa shape index (κ1) is 18.0. The SMILES string of the molecule is CC(=O)c1ccc(NC(=O)CSc2nnnn2-c2ccc3c(c2)OCO3)cc1. The van der Waals surface area contributed by atoms with E-state index in [2.05, 4.69) is 20.8 Å². The molecular weight excluding hydrogens is 382 g/mol. The zero-order chi connectivity index (χ0) is 19.5. The number of fused-ring (bicyclic) bond motifs is 1. The summed E-state index contributed by atoms with van der Waals surface area (Å²) in [5.74, 6) is 1.18. The molecule has 9 nitrogen and oxygen atoms in total. The predicted molar refractivity (Wildman–Crippen MR) is 101 cm³/mol. The largest absolute Gasteiger partial charge is 0.454 e. The van der Waals surface area contributed by atoms with Crippen molar-refractivity contribution in [2.24, 2.45) is 0 Å². The molecule has 0 saturated heterocycles. The number of rotatable bonds is 6. The van der Waals surface area contributed by atoms with E-state index < -0.39 is 0 Å². The standard InChI is InChI=1S/C18H15N5O4S/c1-11(24)12-2-4-13(5-3-12)19-17(25)9-28-18-20-21-22-23(18)14-6-7-15-16(8-14)27-10-26-15/h2-8H,9-10H2,1H3,(H,19,25). The Hall–Kier alpha value is -3.40. The first-order chi connectivity index (χ1) is 13.6. The second-order valence-corrected chi connectivity index (χ2v) is 6.82. The number of ether oxygens (including phenoxy) is 2. The van der Waals surface area contributed by atoms with Crippen molar-refractivity contribution >= 4 is 29.1 Å². The fraction of sp³-hybridized carbons (Fsp3) is 0.167. The Bertz CT molecular complexity index is 1030. The van der Waals surface area contributed by atoms with E-state index in [-0.39, 0.29) is 24.2 Å². The summed E-state index contributed by atoms with van der Waals surface area (Å²) in [5.41, 5.74) is 1.92. The minimum atomic E-state index is -0.208. The monoisotopic (exact) mass is 397 g/mol. The van der Waals surface area contributed by atoms with Crippen molar-refractivity contribution in [3.8, 4) is 17.2 Å². The highest BCUT2D eigenvalue weighted by molar-refractivity contribution is 7.99. The third-order valence-corrected chi connectivity index (χ3v) is 4.87. The maximum absolute atomic E-state index is 12.2. The third kappa shape index (κ3) is 3.81. The van der Waals surface area contributed by atoms with Gasteiger partial charge in [-0.2, -0.15) is 4.68 Å². The molecule has 0 unspecified atom stereocenters. The van der Waals surface area contributed by atoms with Gasteiger partial charge in [-0.3, -0.25) is 9.59 Å². The Balaban J connectivity index is 1.40. The molecule has 142 valence electrons. The summed E-state index contributed by atoms with van der Waals surface area (Å²) in [5, 5.41) is 14.9. The van der Waals surface area contributed by atoms with Crippen LogP contribution in [-0.4, -0.2) is 44.4 Å². The molecule has 1 amide bonds. The van der Waals surface area contributed by atoms with E-state index in [1.807, 2.05) is 6.07 Å². The Kier molecular flexibility index (Phi) is 4.94. The van der Waals surface area contributed by atoms with Crippen LogP contribution in [-0.2, 0) is 4.79 Å². The predicted octanol–water partition coefficient (Wildman–Crippen LogP) is 2.32. The lowest BCUT2D eigenvalue weighted by Gasteiger charge is -2.07. The highest BCUT2D eigenvalue weighted by Gasteiger charge is 2.17. The van der Waals surface area contributed by atoms with Crippen LogP contribution in [0.5, 0.6) is 11.5 Å². The van der Waals surface area contributed by atoms with Gasteiger partial charge in [0.2, 0.25) is 17.9 Å². The molecule has 3 aromatic rings. The van der Waals surface area contributed by atoms with E-state index in [0.717, 1.165) is 0 Å². The zero-order valence-corrected chi connectivity index (χ0v) is 15.6. The number of amides is 1. The summed E-state index contributed by atoms with van der Waals surface area (Å²) in [7, 11) is 0. The fourth-order valence-electron chi connectivity index (χ4n) is 2.56. The number of hydrogen-bond acceptors (Lipinski definition) is 8. The summed E-state index contributed by atoms with van der Waals surface area (Å²) in [6.45, 7) is 1.68. The lowest BCUT2D eigenvalue weighted by Crippen LogP contribution is -2.14. The van der Waals surface area contributed by atoms with E-state index in [1.54, 1.807) is 36.4 Å². The molecule has 28 heavy (non-hydrogen) atoms. The number of nitrogens with zero attached hydrogens (tertiary/aromatic N) is 4. The van der Waals surface area contributed by atoms with E-state index in [0.29, 0.717) is 33.6 Å². The van der Waals surface area contributed by atoms with Crippen LogP contribution >= 0.6 is 11.8 Å². The number of tetrazole rings is 1. The number of nitrogens with one attached hydrogen (secondary N) is 1. The summed E-state index contributed by atoms with van der Waals surface area (Å²) in [6, 6.07) is 12.1. The number of carbonyl (C=O) groups excluding carboxylic acids is 2. The molecule has 0 fully saturated rings. The Labute approximate surface area is 164 Å². The quantitative estimate of drug-likeness (QED) is 0.499. The zero-order valence-electron chi connectivity index (χ0n) is 14.8. The first-order valence-corrected chi connectivity index (χ1v) is 9.31. The van der Waals surface area contributed by atoms with Crippen LogP contribution in [0.1, 0.15) is 17.3 Å². The van der Waals surface area contributed by atoms with E-state index in [4.69, 9.17) is 9.47 Å². The van der Waals surface area contributed by atoms with Gasteiger partial charge in [0.15, 0.2) is 17.3 Å². The highest BCUT2D eigenvalue weighted by Crippen LogP contribution is 2.34. The van der Waals surface area contributed by atoms with Gasteiger partial charge in [0, 0.05) is 17.3 Å². The van der Waals surface area contributed by atoms with Gasteiger partial charge in [-0.1, -0.05) is 11.8 Å². The number of thioether (sulfide) groups is 1. The Morgan fingerprint density at radius 3 is 2.71 bits per heavy atom. The molecule has 2 heterocycles. The number of hydrogen-bond donors (Lipinski definition) is 1. The van der Waals surface area contributed by atoms with Crippen molar-refractivity contribution in [3.63, 3.8) is 0 Å². The Morgan fingerprint density at radius 1 is 1.14 bits per heavy atom. The van der Waals surface area contributed by atoms with Crippen LogP contribution < -0.4 is 14.8 Å². The summed E-state index contributed by atoms with van der Waals surface area (Å²) in [6.07, 6.45) is 0. The van der Waals surface area contributed by atoms with E-state index in [9.17, 15) is 9.59 Å². The third-order valence-electron chi connectivity index (χ3n) is 3.95. The van der Waals surface area contributed by atoms with Crippen LogP contribution in [0.25, 0.3) is 5.69 Å². The van der Waals surface area contributed by atoms with Gasteiger partial charge in [0.25, 0.3) is 0 Å². The van der Waals surface area contributed by atoms with Crippen molar-refractivity contribution in [2.45, 2.75) is 12.1 Å². The molecule has 0 spiro atoms. The second-order valence-electron chi connectivity index (χ2n) is 5.88. The van der Waals surface area contributed by atoms with E-state index in [1.165, 1.54) is 23.4 Å². The smallest absolute Gasteiger partial charge is 0.234 e. The molecule has 1 aliphatic rings. The Morgan fingerprint density at radius 2 is 1.93 bits per heavy atom. The molecule has 10 heteroatoms. The molecular formula is C18H15N5O4S. The molecule has 1 N–H and O–H groups in total. The molecule has 1 aliphatic heterocycles. The number of Topliss-reactive ketones (excluding diaryl/α,β-unsaturated/α-hetero) is 1. The minimum absolute atomic E-state index is 0.0243. The molecule has 0 saturated carbocycles. The lowest BCUT2D eigenvalue weighted by atomic mass is 10.1. The van der Waals surface area contributed by atoms with E-state index >= 15 is 0 Å². The summed E-state index contributed by atoms with van der Waals surface area (Å²) in [4.78, 5) is 23.5. The maximum atomic E-state index is 12.2. The van der Waals surface area contributed by atoms with Crippen LogP contribution in [0.2, 0.25) is 0 Å². The topological polar surface area (TPSA) is 108 Å². The molecule has 0 atom stereocenters.